The highest BCUT2D eigenvalue weighted by Crippen LogP contribution is 2.28. The van der Waals surface area contributed by atoms with Crippen LogP contribution in [0.4, 0.5) is 0 Å². The van der Waals surface area contributed by atoms with Crippen molar-refractivity contribution in [3.8, 4) is 11.5 Å². The van der Waals surface area contributed by atoms with E-state index in [0.29, 0.717) is 24.7 Å². The maximum Gasteiger partial charge on any atom is 0.344 e. The van der Waals surface area contributed by atoms with E-state index in [-0.39, 0.29) is 6.61 Å². The van der Waals surface area contributed by atoms with Crippen molar-refractivity contribution >= 4 is 12.2 Å². The number of hydrogen-bond donors (Lipinski definition) is 1. The number of ether oxygens (including phenoxy) is 3. The second-order valence-electron chi connectivity index (χ2n) is 3.51. The molecule has 0 aliphatic heterocycles. The molecule has 0 fully saturated rings. The van der Waals surface area contributed by atoms with Crippen LogP contribution in [-0.4, -0.2) is 32.0 Å². The molecule has 2 N–H and O–H groups in total. The van der Waals surface area contributed by atoms with Crippen LogP contribution in [0, 0.1) is 0 Å². The van der Waals surface area contributed by atoms with Crippen molar-refractivity contribution < 1.29 is 19.0 Å². The molecule has 6 nitrogen and oxygen atoms in total. The molecule has 0 bridgehead atoms. The Bertz CT molecular complexity index is 446. The lowest BCUT2D eigenvalue weighted by Crippen LogP contribution is -2.15. The predicted molar refractivity (Wildman–Crippen MR) is 71.5 cm³/mol. The third kappa shape index (κ3) is 4.87. The fourth-order valence-electron chi connectivity index (χ4n) is 1.42. The van der Waals surface area contributed by atoms with Crippen LogP contribution in [0.3, 0.4) is 0 Å². The normalized spacial score (nSPS) is 10.4. The molecule has 0 aromatic heterocycles. The quantitative estimate of drug-likeness (QED) is 0.348. The number of hydrazone groups is 1. The molecule has 0 amide bonds. The summed E-state index contributed by atoms with van der Waals surface area (Å²) in [6.45, 7) is 4.26. The lowest BCUT2D eigenvalue weighted by molar-refractivity contribution is -0.145. The molecule has 0 heterocycles. The third-order valence-electron chi connectivity index (χ3n) is 2.14. The number of nitrogens with zero attached hydrogens (tertiary/aromatic N) is 1. The number of nitrogens with two attached hydrogens (primary N) is 1. The van der Waals surface area contributed by atoms with E-state index in [4.69, 9.17) is 20.1 Å². The number of esters is 1. The minimum Gasteiger partial charge on any atom is -0.490 e. The van der Waals surface area contributed by atoms with Crippen LogP contribution in [-0.2, 0) is 9.53 Å². The number of carbonyl (C=O) groups excluding carboxylic acids is 1. The van der Waals surface area contributed by atoms with Gasteiger partial charge in [0.15, 0.2) is 18.1 Å². The lowest BCUT2D eigenvalue weighted by Gasteiger charge is -2.12. The summed E-state index contributed by atoms with van der Waals surface area (Å²) in [5, 5.41) is 3.44. The van der Waals surface area contributed by atoms with E-state index in [1.165, 1.54) is 6.21 Å². The van der Waals surface area contributed by atoms with E-state index >= 15 is 0 Å². The average molecular weight is 266 g/mol. The highest BCUT2D eigenvalue weighted by molar-refractivity contribution is 5.80. The van der Waals surface area contributed by atoms with Gasteiger partial charge in [0.25, 0.3) is 0 Å². The first kappa shape index (κ1) is 14.8. The number of carbonyl (C=O) groups is 1. The van der Waals surface area contributed by atoms with Gasteiger partial charge in [0.05, 0.1) is 19.4 Å². The van der Waals surface area contributed by atoms with Crippen LogP contribution < -0.4 is 15.3 Å². The molecule has 0 unspecified atom stereocenters. The smallest absolute Gasteiger partial charge is 0.344 e. The lowest BCUT2D eigenvalue weighted by atomic mass is 10.2. The molecule has 6 heteroatoms. The summed E-state index contributed by atoms with van der Waals surface area (Å²) in [7, 11) is 0. The van der Waals surface area contributed by atoms with Crippen molar-refractivity contribution in [2.24, 2.45) is 10.9 Å². The van der Waals surface area contributed by atoms with Gasteiger partial charge in [-0.1, -0.05) is 0 Å². The fourth-order valence-corrected chi connectivity index (χ4v) is 1.42. The van der Waals surface area contributed by atoms with Crippen molar-refractivity contribution in [3.05, 3.63) is 23.8 Å². The Labute approximate surface area is 112 Å². The average Bonchev–Trinajstić information content (AvgIpc) is 2.39. The Kier molecular flexibility index (Phi) is 6.21. The molecular weight excluding hydrogens is 248 g/mol. The Morgan fingerprint density at radius 1 is 1.26 bits per heavy atom. The number of hydrogen-bond acceptors (Lipinski definition) is 6. The molecule has 1 aromatic rings. The minimum atomic E-state index is -0.419. The molecule has 1 rings (SSSR count). The molecule has 0 spiro atoms. The minimum absolute atomic E-state index is 0.155. The Balaban J connectivity index is 2.78. The maximum atomic E-state index is 11.2. The van der Waals surface area contributed by atoms with Gasteiger partial charge in [-0.05, 0) is 37.6 Å². The molecular formula is C13H18N2O4. The van der Waals surface area contributed by atoms with Gasteiger partial charge in [-0.15, -0.1) is 0 Å². The monoisotopic (exact) mass is 266 g/mol. The van der Waals surface area contributed by atoms with Crippen molar-refractivity contribution in [1.29, 1.82) is 0 Å². The third-order valence-corrected chi connectivity index (χ3v) is 2.14. The first-order valence-corrected chi connectivity index (χ1v) is 5.99. The first-order valence-electron chi connectivity index (χ1n) is 5.99. The number of rotatable bonds is 7. The summed E-state index contributed by atoms with van der Waals surface area (Å²) >= 11 is 0. The van der Waals surface area contributed by atoms with Gasteiger partial charge in [-0.3, -0.25) is 0 Å². The highest BCUT2D eigenvalue weighted by Gasteiger charge is 2.09. The van der Waals surface area contributed by atoms with Crippen LogP contribution in [0.25, 0.3) is 0 Å². The van der Waals surface area contributed by atoms with E-state index < -0.39 is 5.97 Å². The van der Waals surface area contributed by atoms with Crippen LogP contribution in [0.2, 0.25) is 0 Å². The number of benzene rings is 1. The summed E-state index contributed by atoms with van der Waals surface area (Å²) in [5.74, 6) is 5.68. The van der Waals surface area contributed by atoms with Crippen molar-refractivity contribution in [1.82, 2.24) is 0 Å². The van der Waals surface area contributed by atoms with Gasteiger partial charge in [-0.2, -0.15) is 5.10 Å². The SMILES string of the molecule is CCOC(=O)COc1ccc(C=NN)cc1OCC. The largest absolute Gasteiger partial charge is 0.490 e. The zero-order chi connectivity index (χ0) is 14.1. The van der Waals surface area contributed by atoms with Crippen LogP contribution >= 0.6 is 0 Å². The second kappa shape index (κ2) is 7.97. The zero-order valence-electron chi connectivity index (χ0n) is 11.1. The van der Waals surface area contributed by atoms with Crippen molar-refractivity contribution in [2.45, 2.75) is 13.8 Å². The molecule has 19 heavy (non-hydrogen) atoms. The second-order valence-corrected chi connectivity index (χ2v) is 3.51. The molecule has 0 saturated carbocycles. The van der Waals surface area contributed by atoms with Gasteiger partial charge in [0.2, 0.25) is 0 Å². The molecule has 1 aromatic carbocycles. The van der Waals surface area contributed by atoms with E-state index in [1.54, 1.807) is 25.1 Å². The highest BCUT2D eigenvalue weighted by atomic mass is 16.6. The van der Waals surface area contributed by atoms with Gasteiger partial charge in [0.1, 0.15) is 0 Å². The standard InChI is InChI=1S/C13H18N2O4/c1-3-17-12-7-10(8-15-14)5-6-11(12)19-9-13(16)18-4-2/h5-8H,3-4,9,14H2,1-2H3. The van der Waals surface area contributed by atoms with Gasteiger partial charge >= 0.3 is 5.97 Å². The molecule has 0 atom stereocenters. The zero-order valence-corrected chi connectivity index (χ0v) is 11.1. The van der Waals surface area contributed by atoms with Gasteiger partial charge < -0.3 is 20.1 Å². The summed E-state index contributed by atoms with van der Waals surface area (Å²) in [6, 6.07) is 5.20. The summed E-state index contributed by atoms with van der Waals surface area (Å²) in [4.78, 5) is 11.2. The topological polar surface area (TPSA) is 83.1 Å². The van der Waals surface area contributed by atoms with Crippen LogP contribution in [0.15, 0.2) is 23.3 Å². The molecule has 0 radical (unpaired) electrons. The molecule has 0 aliphatic carbocycles. The summed E-state index contributed by atoms with van der Waals surface area (Å²) in [6.07, 6.45) is 1.50. The molecule has 0 aliphatic rings. The molecule has 0 saturated heterocycles. The van der Waals surface area contributed by atoms with Crippen molar-refractivity contribution in [3.63, 3.8) is 0 Å². The van der Waals surface area contributed by atoms with Gasteiger partial charge in [0, 0.05) is 0 Å². The molecule has 104 valence electrons. The first-order chi connectivity index (χ1) is 9.21. The van der Waals surface area contributed by atoms with Gasteiger partial charge in [-0.25, -0.2) is 4.79 Å². The van der Waals surface area contributed by atoms with Crippen LogP contribution in [0.5, 0.6) is 11.5 Å². The summed E-state index contributed by atoms with van der Waals surface area (Å²) < 4.78 is 15.6. The Hall–Kier alpha value is -2.24. The van der Waals surface area contributed by atoms with E-state index in [9.17, 15) is 4.79 Å². The maximum absolute atomic E-state index is 11.2. The van der Waals surface area contributed by atoms with Crippen LogP contribution in [0.1, 0.15) is 19.4 Å². The Morgan fingerprint density at radius 3 is 2.68 bits per heavy atom. The van der Waals surface area contributed by atoms with E-state index in [2.05, 4.69) is 5.10 Å². The predicted octanol–water partition coefficient (Wildman–Crippen LogP) is 1.32. The van der Waals surface area contributed by atoms with E-state index in [0.717, 1.165) is 5.56 Å². The fraction of sp³-hybridized carbons (Fsp3) is 0.385. The Morgan fingerprint density at radius 2 is 2.05 bits per heavy atom. The van der Waals surface area contributed by atoms with Crippen molar-refractivity contribution in [2.75, 3.05) is 19.8 Å². The van der Waals surface area contributed by atoms with E-state index in [1.807, 2.05) is 6.92 Å². The summed E-state index contributed by atoms with van der Waals surface area (Å²) in [5.41, 5.74) is 0.787.